The van der Waals surface area contributed by atoms with Crippen molar-refractivity contribution in [2.45, 2.75) is 53.9 Å². The number of allylic oxidation sites excluding steroid dienone is 3. The van der Waals surface area contributed by atoms with Gasteiger partial charge in [0.15, 0.2) is 17.4 Å². The first kappa shape index (κ1) is 24.8. The molecule has 0 saturated heterocycles. The van der Waals surface area contributed by atoms with E-state index >= 15 is 0 Å². The Hall–Kier alpha value is -2.82. The summed E-state index contributed by atoms with van der Waals surface area (Å²) in [5.74, 6) is -0.747. The van der Waals surface area contributed by atoms with Crippen LogP contribution in [0.2, 0.25) is 0 Å². The molecule has 0 radical (unpaired) electrons. The minimum absolute atomic E-state index is 0.0138. The molecule has 1 aromatic heterocycles. The van der Waals surface area contributed by atoms with Crippen molar-refractivity contribution < 1.29 is 13.6 Å². The van der Waals surface area contributed by atoms with Gasteiger partial charge in [-0.05, 0) is 86.8 Å². The van der Waals surface area contributed by atoms with E-state index in [0.29, 0.717) is 40.6 Å². The van der Waals surface area contributed by atoms with Crippen molar-refractivity contribution >= 4 is 17.0 Å². The normalized spacial score (nSPS) is 20.7. The van der Waals surface area contributed by atoms with Crippen LogP contribution in [0.1, 0.15) is 58.7 Å². The van der Waals surface area contributed by atoms with E-state index in [-0.39, 0.29) is 18.2 Å². The van der Waals surface area contributed by atoms with E-state index in [2.05, 4.69) is 23.8 Å². The van der Waals surface area contributed by atoms with Gasteiger partial charge >= 0.3 is 0 Å². The number of aromatic nitrogens is 1. The summed E-state index contributed by atoms with van der Waals surface area (Å²) in [5.41, 5.74) is 5.12. The summed E-state index contributed by atoms with van der Waals surface area (Å²) in [6, 6.07) is 4.72. The highest BCUT2D eigenvalue weighted by atomic mass is 19.2. The molecule has 1 aromatic carbocycles. The van der Waals surface area contributed by atoms with Gasteiger partial charge in [0.1, 0.15) is 0 Å². The first-order valence-corrected chi connectivity index (χ1v) is 11.7. The van der Waals surface area contributed by atoms with Gasteiger partial charge in [-0.1, -0.05) is 32.1 Å². The number of anilines is 1. The van der Waals surface area contributed by atoms with Crippen LogP contribution in [0.25, 0.3) is 16.7 Å². The number of hydrogen-bond acceptors (Lipinski definition) is 3. The van der Waals surface area contributed by atoms with E-state index in [1.54, 1.807) is 19.2 Å². The Morgan fingerprint density at radius 2 is 1.94 bits per heavy atom. The molecule has 33 heavy (non-hydrogen) atoms. The van der Waals surface area contributed by atoms with E-state index in [1.165, 1.54) is 6.07 Å². The minimum atomic E-state index is -0.870. The van der Waals surface area contributed by atoms with Crippen molar-refractivity contribution in [1.29, 1.82) is 0 Å². The largest absolute Gasteiger partial charge is 0.376 e. The molecule has 1 aliphatic carbocycles. The predicted molar refractivity (Wildman–Crippen MR) is 132 cm³/mol. The van der Waals surface area contributed by atoms with Gasteiger partial charge in [0.25, 0.3) is 0 Å². The van der Waals surface area contributed by atoms with Gasteiger partial charge in [0.2, 0.25) is 0 Å². The number of nitrogens with zero attached hydrogens (tertiary/aromatic N) is 1. The summed E-state index contributed by atoms with van der Waals surface area (Å²) in [6.45, 7) is 14.1. The predicted octanol–water partition coefficient (Wildman–Crippen LogP) is 7.23. The lowest BCUT2D eigenvalue weighted by Crippen LogP contribution is -2.25. The van der Waals surface area contributed by atoms with Crippen LogP contribution in [0, 0.1) is 29.4 Å². The van der Waals surface area contributed by atoms with Crippen LogP contribution in [0.5, 0.6) is 0 Å². The summed E-state index contributed by atoms with van der Waals surface area (Å²) >= 11 is 0. The van der Waals surface area contributed by atoms with Gasteiger partial charge < -0.3 is 5.32 Å². The molecule has 1 N–H and O–H groups in total. The van der Waals surface area contributed by atoms with Crippen molar-refractivity contribution in [3.05, 3.63) is 65.5 Å². The molecule has 5 heteroatoms. The van der Waals surface area contributed by atoms with E-state index in [0.717, 1.165) is 29.7 Å². The van der Waals surface area contributed by atoms with Gasteiger partial charge in [-0.25, -0.2) is 8.78 Å². The number of Topliss-reactive ketones (excluding diaryl/α,β-unsaturated/α-hetero) is 1. The summed E-state index contributed by atoms with van der Waals surface area (Å²) in [4.78, 5) is 17.6. The first-order valence-electron chi connectivity index (χ1n) is 11.7. The lowest BCUT2D eigenvalue weighted by atomic mass is 9.93. The Labute approximate surface area is 196 Å². The molecule has 1 aliphatic rings. The zero-order chi connectivity index (χ0) is 24.3. The zero-order valence-corrected chi connectivity index (χ0v) is 20.3. The second-order valence-electron chi connectivity index (χ2n) is 9.29. The highest BCUT2D eigenvalue weighted by molar-refractivity contribution is 5.87. The minimum Gasteiger partial charge on any atom is -0.376 e. The molecule has 3 atom stereocenters. The van der Waals surface area contributed by atoms with Crippen LogP contribution in [-0.2, 0) is 11.2 Å². The van der Waals surface area contributed by atoms with Gasteiger partial charge in [0, 0.05) is 17.7 Å². The van der Waals surface area contributed by atoms with E-state index in [4.69, 9.17) is 0 Å². The van der Waals surface area contributed by atoms with Gasteiger partial charge in [-0.2, -0.15) is 0 Å². The molecular weight excluding hydrogens is 418 g/mol. The summed E-state index contributed by atoms with van der Waals surface area (Å²) < 4.78 is 28.2. The number of benzene rings is 1. The lowest BCUT2D eigenvalue weighted by Gasteiger charge is -2.17. The lowest BCUT2D eigenvalue weighted by molar-refractivity contribution is -0.122. The van der Waals surface area contributed by atoms with Crippen LogP contribution < -0.4 is 5.32 Å². The fourth-order valence-electron chi connectivity index (χ4n) is 4.69. The number of pyridine rings is 1. The van der Waals surface area contributed by atoms with Crippen LogP contribution in [0.15, 0.2) is 42.6 Å². The van der Waals surface area contributed by atoms with E-state index in [9.17, 15) is 13.6 Å². The van der Waals surface area contributed by atoms with E-state index in [1.807, 2.05) is 32.9 Å². The van der Waals surface area contributed by atoms with Gasteiger partial charge in [-0.3, -0.25) is 9.78 Å². The van der Waals surface area contributed by atoms with Crippen molar-refractivity contribution in [3.8, 4) is 11.1 Å². The first-order chi connectivity index (χ1) is 15.7. The molecule has 1 heterocycles. The maximum atomic E-state index is 14.2. The molecule has 3 rings (SSSR count). The second-order valence-corrected chi connectivity index (χ2v) is 9.29. The number of carbonyl (C=O) groups is 1. The third-order valence-corrected chi connectivity index (χ3v) is 6.96. The summed E-state index contributed by atoms with van der Waals surface area (Å²) in [6.07, 6.45) is 5.87. The van der Waals surface area contributed by atoms with Gasteiger partial charge in [0.05, 0.1) is 17.9 Å². The van der Waals surface area contributed by atoms with Crippen molar-refractivity contribution in [3.63, 3.8) is 0 Å². The number of ketones is 1. The molecule has 1 fully saturated rings. The SMILES string of the molecule is C=C(C)C1CC(C)C(C(=O)CNc2cc(-c3cc(F)c(F)c(CC)c3)cnc2/C(C)=C\C)C1. The molecule has 3 nitrogen and oxygen atoms in total. The highest BCUT2D eigenvalue weighted by Gasteiger charge is 2.35. The molecule has 0 spiro atoms. The highest BCUT2D eigenvalue weighted by Crippen LogP contribution is 2.40. The zero-order valence-electron chi connectivity index (χ0n) is 20.3. The average Bonchev–Trinajstić information content (AvgIpc) is 3.20. The van der Waals surface area contributed by atoms with Crippen molar-refractivity contribution in [2.75, 3.05) is 11.9 Å². The van der Waals surface area contributed by atoms with Crippen molar-refractivity contribution in [2.24, 2.45) is 17.8 Å². The van der Waals surface area contributed by atoms with Crippen LogP contribution >= 0.6 is 0 Å². The maximum Gasteiger partial charge on any atom is 0.162 e. The fourth-order valence-corrected chi connectivity index (χ4v) is 4.69. The Kier molecular flexibility index (Phi) is 7.83. The number of nitrogens with one attached hydrogen (secondary N) is 1. The van der Waals surface area contributed by atoms with Crippen molar-refractivity contribution in [1.82, 2.24) is 4.98 Å². The topological polar surface area (TPSA) is 42.0 Å². The van der Waals surface area contributed by atoms with Crippen LogP contribution in [0.3, 0.4) is 0 Å². The second kappa shape index (κ2) is 10.4. The monoisotopic (exact) mass is 452 g/mol. The number of hydrogen-bond donors (Lipinski definition) is 1. The number of halogens is 2. The Bertz CT molecular complexity index is 1090. The maximum absolute atomic E-state index is 14.2. The number of rotatable bonds is 8. The standard InChI is InChI=1S/C28H34F2N2O/c1-7-17(5)28-25(31-15-26(33)23-11-20(16(3)4)9-18(23)6)13-22(14-32-28)21-10-19(8-2)27(30)24(29)12-21/h7,10,12-14,18,20,23,31H,3,8-9,11,15H2,1-2,4-6H3/b17-7-. The van der Waals surface area contributed by atoms with Crippen LogP contribution in [0.4, 0.5) is 14.5 Å². The van der Waals surface area contributed by atoms with Crippen LogP contribution in [-0.4, -0.2) is 17.3 Å². The van der Waals surface area contributed by atoms with E-state index < -0.39 is 11.6 Å². The number of carbonyl (C=O) groups excluding carboxylic acids is 1. The Morgan fingerprint density at radius 1 is 1.21 bits per heavy atom. The smallest absolute Gasteiger partial charge is 0.162 e. The Morgan fingerprint density at radius 3 is 2.55 bits per heavy atom. The molecule has 3 unspecified atom stereocenters. The summed E-state index contributed by atoms with van der Waals surface area (Å²) in [5, 5.41) is 3.29. The fraction of sp³-hybridized carbons (Fsp3) is 0.429. The molecular formula is C28H34F2N2O. The van der Waals surface area contributed by atoms with Gasteiger partial charge in [-0.15, -0.1) is 0 Å². The molecule has 0 bridgehead atoms. The molecule has 0 amide bonds. The third kappa shape index (κ3) is 5.40. The summed E-state index contributed by atoms with van der Waals surface area (Å²) in [7, 11) is 0. The number of aryl methyl sites for hydroxylation is 1. The average molecular weight is 453 g/mol. The quantitative estimate of drug-likeness (QED) is 0.430. The Balaban J connectivity index is 1.88. The molecule has 2 aromatic rings. The molecule has 1 saturated carbocycles. The molecule has 0 aliphatic heterocycles. The molecule has 176 valence electrons. The third-order valence-electron chi connectivity index (χ3n) is 6.96.